The van der Waals surface area contributed by atoms with Gasteiger partial charge in [0.25, 0.3) is 11.8 Å². The molecule has 0 aliphatic carbocycles. The van der Waals surface area contributed by atoms with E-state index in [1.165, 1.54) is 6.92 Å². The van der Waals surface area contributed by atoms with Gasteiger partial charge in [0.1, 0.15) is 5.75 Å². The van der Waals surface area contributed by atoms with Crippen molar-refractivity contribution in [3.63, 3.8) is 0 Å². The molecule has 0 saturated heterocycles. The van der Waals surface area contributed by atoms with Crippen molar-refractivity contribution in [2.45, 2.75) is 26.4 Å². The first-order valence-electron chi connectivity index (χ1n) is 8.56. The minimum Gasteiger partial charge on any atom is -0.482 e. The quantitative estimate of drug-likeness (QED) is 0.574. The molecule has 7 heteroatoms. The van der Waals surface area contributed by atoms with E-state index < -0.39 is 23.9 Å². The number of esters is 1. The van der Waals surface area contributed by atoms with Crippen LogP contribution in [0.15, 0.2) is 54.6 Å². The van der Waals surface area contributed by atoms with Gasteiger partial charge in [-0.05, 0) is 43.2 Å². The smallest absolute Gasteiger partial charge is 0.344 e. The molecule has 0 unspecified atom stereocenters. The van der Waals surface area contributed by atoms with Crippen molar-refractivity contribution in [2.75, 3.05) is 6.61 Å². The van der Waals surface area contributed by atoms with Crippen LogP contribution in [-0.2, 0) is 20.7 Å². The predicted molar refractivity (Wildman–Crippen MR) is 98.9 cm³/mol. The van der Waals surface area contributed by atoms with Crippen LogP contribution >= 0.6 is 0 Å². The van der Waals surface area contributed by atoms with Crippen molar-refractivity contribution in [1.82, 2.24) is 10.9 Å². The van der Waals surface area contributed by atoms with Crippen LogP contribution in [0.4, 0.5) is 0 Å². The number of ether oxygens (including phenoxy) is 2. The number of amides is 2. The summed E-state index contributed by atoms with van der Waals surface area (Å²) in [6, 6.07) is 15.7. The second-order valence-electron chi connectivity index (χ2n) is 5.73. The van der Waals surface area contributed by atoms with Crippen LogP contribution in [0.25, 0.3) is 0 Å². The molecule has 2 N–H and O–H groups in total. The zero-order valence-electron chi connectivity index (χ0n) is 15.2. The summed E-state index contributed by atoms with van der Waals surface area (Å²) in [7, 11) is 0. The summed E-state index contributed by atoms with van der Waals surface area (Å²) >= 11 is 0. The molecule has 0 heterocycles. The number of hydrogen-bond donors (Lipinski definition) is 2. The van der Waals surface area contributed by atoms with Gasteiger partial charge in [-0.3, -0.25) is 20.4 Å². The standard InChI is InChI=1S/C20H22N2O5/c1-3-15-9-11-17(12-10-15)26-13-18(23)27-14(2)19(24)21-22-20(25)16-7-5-4-6-8-16/h4-12,14H,3,13H2,1-2H3,(H,21,24)(H,22,25)/t14-/m1/s1. The average Bonchev–Trinajstić information content (AvgIpc) is 2.71. The van der Waals surface area contributed by atoms with E-state index >= 15 is 0 Å². The number of carbonyl (C=O) groups excluding carboxylic acids is 3. The molecule has 2 aromatic carbocycles. The van der Waals surface area contributed by atoms with Gasteiger partial charge in [0.15, 0.2) is 12.7 Å². The summed E-state index contributed by atoms with van der Waals surface area (Å²) < 4.78 is 10.3. The fraction of sp³-hybridized carbons (Fsp3) is 0.250. The fourth-order valence-corrected chi connectivity index (χ4v) is 2.13. The van der Waals surface area contributed by atoms with Crippen LogP contribution in [0.3, 0.4) is 0 Å². The van der Waals surface area contributed by atoms with Crippen LogP contribution in [0.2, 0.25) is 0 Å². The Morgan fingerprint density at radius 1 is 0.963 bits per heavy atom. The topological polar surface area (TPSA) is 93.7 Å². The number of rotatable bonds is 7. The third-order valence-corrected chi connectivity index (χ3v) is 3.70. The Kier molecular flexibility index (Phi) is 7.37. The molecule has 0 bridgehead atoms. The van der Waals surface area contributed by atoms with Crippen LogP contribution in [0.1, 0.15) is 29.8 Å². The molecule has 0 aliphatic rings. The van der Waals surface area contributed by atoms with Crippen molar-refractivity contribution >= 4 is 17.8 Å². The fourth-order valence-electron chi connectivity index (χ4n) is 2.13. The van der Waals surface area contributed by atoms with Crippen LogP contribution in [-0.4, -0.2) is 30.5 Å². The van der Waals surface area contributed by atoms with Gasteiger partial charge in [-0.25, -0.2) is 4.79 Å². The van der Waals surface area contributed by atoms with Crippen molar-refractivity contribution in [3.05, 3.63) is 65.7 Å². The second kappa shape index (κ2) is 9.96. The molecule has 0 saturated carbocycles. The zero-order valence-corrected chi connectivity index (χ0v) is 15.2. The van der Waals surface area contributed by atoms with Gasteiger partial charge in [-0.2, -0.15) is 0 Å². The molecule has 1 atom stereocenters. The first-order chi connectivity index (χ1) is 13.0. The molecule has 0 radical (unpaired) electrons. The molecule has 27 heavy (non-hydrogen) atoms. The van der Waals surface area contributed by atoms with E-state index in [2.05, 4.69) is 10.9 Å². The van der Waals surface area contributed by atoms with Crippen molar-refractivity contribution in [3.8, 4) is 5.75 Å². The highest BCUT2D eigenvalue weighted by atomic mass is 16.6. The van der Waals surface area contributed by atoms with Crippen molar-refractivity contribution < 1.29 is 23.9 Å². The highest BCUT2D eigenvalue weighted by Gasteiger charge is 2.19. The molecule has 0 fully saturated rings. The Morgan fingerprint density at radius 3 is 2.26 bits per heavy atom. The summed E-state index contributed by atoms with van der Waals surface area (Å²) in [6.07, 6.45) is -0.171. The number of hydrogen-bond acceptors (Lipinski definition) is 5. The number of hydrazine groups is 1. The Hall–Kier alpha value is -3.35. The lowest BCUT2D eigenvalue weighted by Gasteiger charge is -2.14. The SMILES string of the molecule is CCc1ccc(OCC(=O)O[C@H](C)C(=O)NNC(=O)c2ccccc2)cc1. The zero-order chi connectivity index (χ0) is 19.6. The predicted octanol–water partition coefficient (Wildman–Crippen LogP) is 2.02. The maximum absolute atomic E-state index is 11.9. The van der Waals surface area contributed by atoms with Gasteiger partial charge >= 0.3 is 5.97 Å². The van der Waals surface area contributed by atoms with Gasteiger partial charge in [0.05, 0.1) is 0 Å². The van der Waals surface area contributed by atoms with E-state index in [1.807, 2.05) is 19.1 Å². The third kappa shape index (κ3) is 6.47. The highest BCUT2D eigenvalue weighted by molar-refractivity contribution is 5.95. The van der Waals surface area contributed by atoms with E-state index in [0.29, 0.717) is 11.3 Å². The first-order valence-corrected chi connectivity index (χ1v) is 8.56. The Bertz CT molecular complexity index is 775. The summed E-state index contributed by atoms with van der Waals surface area (Å²) in [6.45, 7) is 3.12. The minimum atomic E-state index is -1.08. The first kappa shape index (κ1) is 20.0. The van der Waals surface area contributed by atoms with Crippen LogP contribution in [0, 0.1) is 0 Å². The molecular formula is C20H22N2O5. The number of benzene rings is 2. The monoisotopic (exact) mass is 370 g/mol. The Morgan fingerprint density at radius 2 is 1.63 bits per heavy atom. The molecular weight excluding hydrogens is 348 g/mol. The lowest BCUT2D eigenvalue weighted by atomic mass is 10.2. The molecule has 0 spiro atoms. The maximum atomic E-state index is 11.9. The molecule has 7 nitrogen and oxygen atoms in total. The number of carbonyl (C=O) groups is 3. The molecule has 2 amide bonds. The van der Waals surface area contributed by atoms with Gasteiger partial charge in [-0.15, -0.1) is 0 Å². The van der Waals surface area contributed by atoms with E-state index in [0.717, 1.165) is 12.0 Å². The molecule has 0 aromatic heterocycles. The average molecular weight is 370 g/mol. The third-order valence-electron chi connectivity index (χ3n) is 3.70. The van der Waals surface area contributed by atoms with Crippen LogP contribution < -0.4 is 15.6 Å². The minimum absolute atomic E-state index is 0.320. The van der Waals surface area contributed by atoms with E-state index in [9.17, 15) is 14.4 Å². The normalized spacial score (nSPS) is 11.2. The Labute approximate surface area is 157 Å². The van der Waals surface area contributed by atoms with Gasteiger partial charge in [0, 0.05) is 5.56 Å². The second-order valence-corrected chi connectivity index (χ2v) is 5.73. The molecule has 142 valence electrons. The molecule has 2 rings (SSSR count). The molecule has 2 aromatic rings. The van der Waals surface area contributed by atoms with Crippen LogP contribution in [0.5, 0.6) is 5.75 Å². The summed E-state index contributed by atoms with van der Waals surface area (Å²) in [4.78, 5) is 35.6. The highest BCUT2D eigenvalue weighted by Crippen LogP contribution is 2.12. The maximum Gasteiger partial charge on any atom is 0.344 e. The Balaban J connectivity index is 1.72. The van der Waals surface area contributed by atoms with E-state index in [1.54, 1.807) is 42.5 Å². The van der Waals surface area contributed by atoms with Crippen molar-refractivity contribution in [1.29, 1.82) is 0 Å². The summed E-state index contributed by atoms with van der Waals surface area (Å²) in [5.41, 5.74) is 6.03. The number of aryl methyl sites for hydroxylation is 1. The largest absolute Gasteiger partial charge is 0.482 e. The molecule has 0 aliphatic heterocycles. The van der Waals surface area contributed by atoms with Gasteiger partial charge in [-0.1, -0.05) is 37.3 Å². The van der Waals surface area contributed by atoms with E-state index in [4.69, 9.17) is 9.47 Å². The lowest BCUT2D eigenvalue weighted by Crippen LogP contribution is -2.47. The summed E-state index contributed by atoms with van der Waals surface area (Å²) in [5.74, 6) is -1.27. The lowest BCUT2D eigenvalue weighted by molar-refractivity contribution is -0.156. The van der Waals surface area contributed by atoms with Crippen molar-refractivity contribution in [2.24, 2.45) is 0 Å². The van der Waals surface area contributed by atoms with Gasteiger partial charge in [0.2, 0.25) is 0 Å². The van der Waals surface area contributed by atoms with Gasteiger partial charge < -0.3 is 9.47 Å². The van der Waals surface area contributed by atoms with E-state index in [-0.39, 0.29) is 6.61 Å². The summed E-state index contributed by atoms with van der Waals surface area (Å²) in [5, 5.41) is 0. The number of nitrogens with one attached hydrogen (secondary N) is 2.